The first kappa shape index (κ1) is 24.7. The molecule has 32 heavy (non-hydrogen) atoms. The maximum atomic E-state index is 11.9. The van der Waals surface area contributed by atoms with Crippen molar-refractivity contribution in [1.29, 1.82) is 0 Å². The topological polar surface area (TPSA) is 200 Å². The lowest BCUT2D eigenvalue weighted by atomic mass is 9.92. The molecule has 0 radical (unpaired) electrons. The van der Waals surface area contributed by atoms with Crippen molar-refractivity contribution in [2.75, 3.05) is 6.61 Å². The number of phenolic OH excluding ortho intramolecular Hbond substituents is 2. The number of carboxylic acids is 1. The number of likely N-dealkylation sites (tertiary alicyclic amines) is 1. The van der Waals surface area contributed by atoms with Crippen LogP contribution in [0.3, 0.4) is 0 Å². The minimum Gasteiger partial charge on any atom is -0.504 e. The van der Waals surface area contributed by atoms with E-state index in [-0.39, 0.29) is 18.6 Å². The number of phenols is 2. The van der Waals surface area contributed by atoms with E-state index in [0.717, 1.165) is 17.9 Å². The molecule has 0 spiro atoms. The maximum absolute atomic E-state index is 11.9. The van der Waals surface area contributed by atoms with Crippen molar-refractivity contribution in [2.45, 2.75) is 43.5 Å². The van der Waals surface area contributed by atoms with Gasteiger partial charge >= 0.3 is 12.1 Å². The zero-order valence-corrected chi connectivity index (χ0v) is 18.0. The maximum Gasteiger partial charge on any atom is 0.426 e. The fourth-order valence-electron chi connectivity index (χ4n) is 3.18. The van der Waals surface area contributed by atoms with Gasteiger partial charge in [0.05, 0.1) is 6.42 Å². The number of nitrogens with zero attached hydrogens (tertiary/aromatic N) is 1. The van der Waals surface area contributed by atoms with Crippen molar-refractivity contribution in [1.82, 2.24) is 15.8 Å². The summed E-state index contributed by atoms with van der Waals surface area (Å²) in [5.74, 6) is -3.64. The van der Waals surface area contributed by atoms with E-state index < -0.39 is 63.8 Å². The standard InChI is InChI=1S/C18H23N3O10S/c1-9-5-14(25)21(9)15(16(26)27)18(2,32(29)30)8-31-17(28)20-19-13(24)7-10-3-4-11(22)12(23)6-10/h3-4,6,9,15,22-23,32H,5,7-8H2,1-2H3,(H,19,24)(H,20,28)(H,26,27)/t9-,15+,18+/m1/s1. The van der Waals surface area contributed by atoms with Gasteiger partial charge in [-0.2, -0.15) is 0 Å². The van der Waals surface area contributed by atoms with Crippen LogP contribution in [-0.4, -0.2) is 76.0 Å². The Morgan fingerprint density at radius 2 is 1.91 bits per heavy atom. The molecule has 176 valence electrons. The minimum absolute atomic E-state index is 0.0711. The second-order valence-corrected chi connectivity index (χ2v) is 8.99. The molecule has 0 unspecified atom stereocenters. The van der Waals surface area contributed by atoms with Crippen molar-refractivity contribution < 1.29 is 47.7 Å². The zero-order chi connectivity index (χ0) is 24.2. The molecule has 1 aromatic rings. The number of amides is 3. The Morgan fingerprint density at radius 1 is 1.25 bits per heavy atom. The first-order valence-corrected chi connectivity index (χ1v) is 10.5. The Hall–Kier alpha value is -3.55. The van der Waals surface area contributed by atoms with Crippen molar-refractivity contribution in [3.05, 3.63) is 23.8 Å². The van der Waals surface area contributed by atoms with Crippen molar-refractivity contribution in [3.8, 4) is 11.5 Å². The summed E-state index contributed by atoms with van der Waals surface area (Å²) in [5.41, 5.74) is 4.21. The number of thiol groups is 1. The van der Waals surface area contributed by atoms with Gasteiger partial charge in [-0.3, -0.25) is 15.0 Å². The summed E-state index contributed by atoms with van der Waals surface area (Å²) in [6.45, 7) is 1.71. The Labute approximate surface area is 183 Å². The summed E-state index contributed by atoms with van der Waals surface area (Å²) >= 11 is 0. The molecule has 0 bridgehead atoms. The van der Waals surface area contributed by atoms with Gasteiger partial charge in [-0.15, -0.1) is 0 Å². The van der Waals surface area contributed by atoms with Crippen molar-refractivity contribution >= 4 is 34.6 Å². The second-order valence-electron chi connectivity index (χ2n) is 7.46. The average Bonchev–Trinajstić information content (AvgIpc) is 2.71. The van der Waals surface area contributed by atoms with E-state index in [1.165, 1.54) is 12.1 Å². The number of benzene rings is 1. The molecule has 0 aliphatic carbocycles. The Balaban J connectivity index is 1.97. The summed E-state index contributed by atoms with van der Waals surface area (Å²) in [7, 11) is -3.46. The number of ether oxygens (including phenoxy) is 1. The molecule has 2 rings (SSSR count). The predicted molar refractivity (Wildman–Crippen MR) is 107 cm³/mol. The van der Waals surface area contributed by atoms with Crippen LogP contribution in [-0.2, 0) is 36.2 Å². The number of carbonyl (C=O) groups excluding carboxylic acids is 3. The molecule has 1 aliphatic heterocycles. The SMILES string of the molecule is C[C@@H]1CC(=O)N1[C@@H](C(=O)O)[C@](C)(COC(=O)NNC(=O)Cc1ccc(O)c(O)c1)[SH](=O)=O. The molecule has 13 nitrogen and oxygen atoms in total. The number of aromatic hydroxyl groups is 2. The minimum atomic E-state index is -3.46. The normalized spacial score (nSPS) is 18.3. The first-order valence-electron chi connectivity index (χ1n) is 9.27. The summed E-state index contributed by atoms with van der Waals surface area (Å²) in [6.07, 6.45) is -1.47. The van der Waals surface area contributed by atoms with Gasteiger partial charge in [-0.25, -0.2) is 23.4 Å². The van der Waals surface area contributed by atoms with E-state index in [2.05, 4.69) is 0 Å². The second kappa shape index (κ2) is 9.72. The number of aliphatic carboxylic acids is 1. The van der Waals surface area contributed by atoms with E-state index in [0.29, 0.717) is 5.56 Å². The summed E-state index contributed by atoms with van der Waals surface area (Å²) in [4.78, 5) is 48.3. The lowest BCUT2D eigenvalue weighted by molar-refractivity contribution is -0.163. The van der Waals surface area contributed by atoms with Gasteiger partial charge in [0.15, 0.2) is 28.2 Å². The average molecular weight is 473 g/mol. The van der Waals surface area contributed by atoms with E-state index in [9.17, 15) is 42.9 Å². The quantitative estimate of drug-likeness (QED) is 0.116. The summed E-state index contributed by atoms with van der Waals surface area (Å²) in [5, 5.41) is 28.2. The Morgan fingerprint density at radius 3 is 2.41 bits per heavy atom. The van der Waals surface area contributed by atoms with Gasteiger partial charge in [-0.1, -0.05) is 6.07 Å². The number of carbonyl (C=O) groups is 4. The predicted octanol–water partition coefficient (Wildman–Crippen LogP) is -1.16. The van der Waals surface area contributed by atoms with Crippen LogP contribution in [0.25, 0.3) is 0 Å². The Bertz CT molecular complexity index is 1000. The van der Waals surface area contributed by atoms with Crippen LogP contribution in [0.5, 0.6) is 11.5 Å². The molecule has 1 fully saturated rings. The van der Waals surface area contributed by atoms with E-state index in [1.807, 2.05) is 10.9 Å². The molecule has 14 heteroatoms. The fraction of sp³-hybridized carbons (Fsp3) is 0.444. The number of hydrogen-bond donors (Lipinski definition) is 6. The van der Waals surface area contributed by atoms with Crippen LogP contribution >= 0.6 is 0 Å². The highest BCUT2D eigenvalue weighted by Gasteiger charge is 2.53. The third-order valence-electron chi connectivity index (χ3n) is 4.96. The third-order valence-corrected chi connectivity index (χ3v) is 6.16. The molecule has 1 aromatic carbocycles. The summed E-state index contributed by atoms with van der Waals surface area (Å²) < 4.78 is 26.4. The monoisotopic (exact) mass is 473 g/mol. The van der Waals surface area contributed by atoms with E-state index >= 15 is 0 Å². The van der Waals surface area contributed by atoms with Gasteiger partial charge in [0, 0.05) is 12.5 Å². The molecule has 3 amide bonds. The van der Waals surface area contributed by atoms with Gasteiger partial charge in [0.25, 0.3) is 0 Å². The Kier molecular flexibility index (Phi) is 7.51. The van der Waals surface area contributed by atoms with E-state index in [4.69, 9.17) is 4.74 Å². The van der Waals surface area contributed by atoms with Crippen LogP contribution < -0.4 is 10.9 Å². The number of rotatable bonds is 8. The van der Waals surface area contributed by atoms with E-state index in [1.54, 1.807) is 6.92 Å². The molecule has 5 N–H and O–H groups in total. The molecule has 1 saturated heterocycles. The largest absolute Gasteiger partial charge is 0.504 e. The van der Waals surface area contributed by atoms with Crippen LogP contribution in [0.2, 0.25) is 0 Å². The lowest BCUT2D eigenvalue weighted by Gasteiger charge is -2.46. The third kappa shape index (κ3) is 5.38. The molecule has 3 atom stereocenters. The number of carboxylic acid groups (broad SMARTS) is 1. The number of hydrogen-bond acceptors (Lipinski definition) is 9. The van der Waals surface area contributed by atoms with Crippen LogP contribution in [0.1, 0.15) is 25.8 Å². The van der Waals surface area contributed by atoms with Gasteiger partial charge in [0.2, 0.25) is 11.8 Å². The molecular weight excluding hydrogens is 450 g/mol. The number of β-lactam (4-membered cyclic amide) rings is 1. The highest BCUT2D eigenvalue weighted by Crippen LogP contribution is 2.30. The first-order chi connectivity index (χ1) is 14.9. The van der Waals surface area contributed by atoms with Crippen LogP contribution in [0.15, 0.2) is 18.2 Å². The van der Waals surface area contributed by atoms with Crippen LogP contribution in [0.4, 0.5) is 4.79 Å². The fourth-order valence-corrected chi connectivity index (χ4v) is 3.79. The molecular formula is C18H23N3O10S. The van der Waals surface area contributed by atoms with Crippen molar-refractivity contribution in [3.63, 3.8) is 0 Å². The van der Waals surface area contributed by atoms with Gasteiger partial charge in [0.1, 0.15) is 11.4 Å². The zero-order valence-electron chi connectivity index (χ0n) is 17.1. The smallest absolute Gasteiger partial charge is 0.426 e. The molecule has 0 aromatic heterocycles. The highest BCUT2D eigenvalue weighted by molar-refractivity contribution is 7.74. The summed E-state index contributed by atoms with van der Waals surface area (Å²) in [6, 6.07) is 1.42. The molecule has 1 heterocycles. The van der Waals surface area contributed by atoms with Crippen molar-refractivity contribution in [2.24, 2.45) is 0 Å². The molecule has 0 saturated carbocycles. The van der Waals surface area contributed by atoms with Gasteiger partial charge in [-0.05, 0) is 31.5 Å². The lowest BCUT2D eigenvalue weighted by Crippen LogP contribution is -2.67. The number of nitrogens with one attached hydrogen (secondary N) is 2. The number of hydrazine groups is 1. The van der Waals surface area contributed by atoms with Crippen LogP contribution in [0, 0.1) is 0 Å². The molecule has 1 aliphatic rings. The van der Waals surface area contributed by atoms with Gasteiger partial charge < -0.3 is 25.0 Å². The highest BCUT2D eigenvalue weighted by atomic mass is 32.2.